The molecule has 0 atom stereocenters. The summed E-state index contributed by atoms with van der Waals surface area (Å²) in [7, 11) is 0. The number of amides is 1. The summed E-state index contributed by atoms with van der Waals surface area (Å²) in [6.07, 6.45) is -2.76. The van der Waals surface area contributed by atoms with Crippen molar-refractivity contribution < 1.29 is 27.2 Å². The third-order valence-corrected chi connectivity index (χ3v) is 3.38. The predicted octanol–water partition coefficient (Wildman–Crippen LogP) is 3.38. The van der Waals surface area contributed by atoms with Gasteiger partial charge in [-0.05, 0) is 18.9 Å². The van der Waals surface area contributed by atoms with Gasteiger partial charge in [0.2, 0.25) is 0 Å². The minimum atomic E-state index is -4.79. The lowest BCUT2D eigenvalue weighted by Gasteiger charge is -2.13. The van der Waals surface area contributed by atoms with Crippen molar-refractivity contribution in [3.63, 3.8) is 0 Å². The summed E-state index contributed by atoms with van der Waals surface area (Å²) in [5.41, 5.74) is 0.324. The van der Waals surface area contributed by atoms with Gasteiger partial charge in [-0.3, -0.25) is 4.79 Å². The van der Waals surface area contributed by atoms with Crippen LogP contribution in [0.3, 0.4) is 0 Å². The second kappa shape index (κ2) is 5.94. The maximum atomic E-state index is 12.3. The topological polar surface area (TPSA) is 64.4 Å². The molecule has 1 N–H and O–H groups in total. The molecular formula is C15H13F3N2O3. The highest BCUT2D eigenvalue weighted by Crippen LogP contribution is 2.40. The summed E-state index contributed by atoms with van der Waals surface area (Å²) in [5, 5.41) is 6.18. The Hall–Kier alpha value is -2.51. The van der Waals surface area contributed by atoms with Gasteiger partial charge in [-0.2, -0.15) is 0 Å². The van der Waals surface area contributed by atoms with Gasteiger partial charge in [0.1, 0.15) is 11.5 Å². The molecule has 1 amide bonds. The van der Waals surface area contributed by atoms with Crippen LogP contribution in [0, 0.1) is 0 Å². The Labute approximate surface area is 129 Å². The maximum absolute atomic E-state index is 12.3. The number of aromatic nitrogens is 1. The van der Waals surface area contributed by atoms with Crippen molar-refractivity contribution in [3.8, 4) is 5.75 Å². The van der Waals surface area contributed by atoms with Crippen molar-refractivity contribution in [2.75, 3.05) is 0 Å². The van der Waals surface area contributed by atoms with E-state index in [1.165, 1.54) is 18.2 Å². The maximum Gasteiger partial charge on any atom is 0.573 e. The zero-order valence-corrected chi connectivity index (χ0v) is 11.9. The Kier molecular flexibility index (Phi) is 3.97. The largest absolute Gasteiger partial charge is 0.573 e. The molecule has 0 spiro atoms. The van der Waals surface area contributed by atoms with E-state index in [-0.39, 0.29) is 23.6 Å². The van der Waals surface area contributed by atoms with Crippen LogP contribution in [0.2, 0.25) is 0 Å². The zero-order valence-electron chi connectivity index (χ0n) is 11.9. The minimum absolute atomic E-state index is 0.112. The van der Waals surface area contributed by atoms with Crippen molar-refractivity contribution in [2.24, 2.45) is 0 Å². The fraction of sp³-hybridized carbons (Fsp3) is 0.333. The van der Waals surface area contributed by atoms with Gasteiger partial charge in [0.05, 0.1) is 0 Å². The van der Waals surface area contributed by atoms with Crippen molar-refractivity contribution in [2.45, 2.75) is 31.7 Å². The molecule has 1 aromatic heterocycles. The van der Waals surface area contributed by atoms with Gasteiger partial charge in [-0.1, -0.05) is 23.4 Å². The smallest absolute Gasteiger partial charge is 0.405 e. The molecule has 1 fully saturated rings. The number of rotatable bonds is 5. The van der Waals surface area contributed by atoms with Gasteiger partial charge in [0.15, 0.2) is 5.69 Å². The van der Waals surface area contributed by atoms with E-state index in [4.69, 9.17) is 4.52 Å². The number of halogens is 3. The first-order valence-corrected chi connectivity index (χ1v) is 7.01. The second-order valence-electron chi connectivity index (χ2n) is 5.23. The Morgan fingerprint density at radius 3 is 2.78 bits per heavy atom. The molecule has 0 radical (unpaired) electrons. The SMILES string of the molecule is O=C(NCc1ccccc1OC(F)(F)F)c1cc(C2CC2)on1. The molecule has 8 heteroatoms. The van der Waals surface area contributed by atoms with E-state index in [0.29, 0.717) is 11.7 Å². The Morgan fingerprint density at radius 1 is 1.35 bits per heavy atom. The highest BCUT2D eigenvalue weighted by molar-refractivity contribution is 5.92. The molecule has 2 aromatic rings. The molecule has 3 rings (SSSR count). The van der Waals surface area contributed by atoms with E-state index in [0.717, 1.165) is 12.8 Å². The molecule has 1 aromatic carbocycles. The van der Waals surface area contributed by atoms with Crippen LogP contribution in [0.5, 0.6) is 5.75 Å². The van der Waals surface area contributed by atoms with Crippen LogP contribution < -0.4 is 10.1 Å². The van der Waals surface area contributed by atoms with Crippen molar-refractivity contribution in [1.82, 2.24) is 10.5 Å². The fourth-order valence-electron chi connectivity index (χ4n) is 2.10. The minimum Gasteiger partial charge on any atom is -0.405 e. The third kappa shape index (κ3) is 4.02. The van der Waals surface area contributed by atoms with Crippen LogP contribution in [0.15, 0.2) is 34.9 Å². The number of carbonyl (C=O) groups is 1. The van der Waals surface area contributed by atoms with Crippen molar-refractivity contribution >= 4 is 5.91 Å². The second-order valence-corrected chi connectivity index (χ2v) is 5.23. The van der Waals surface area contributed by atoms with E-state index in [2.05, 4.69) is 15.2 Å². The van der Waals surface area contributed by atoms with Crippen LogP contribution in [0.25, 0.3) is 0 Å². The van der Waals surface area contributed by atoms with Gasteiger partial charge < -0.3 is 14.6 Å². The van der Waals surface area contributed by atoms with Crippen LogP contribution in [-0.2, 0) is 6.54 Å². The van der Waals surface area contributed by atoms with Crippen molar-refractivity contribution in [1.29, 1.82) is 0 Å². The summed E-state index contributed by atoms with van der Waals surface area (Å²) in [6, 6.07) is 7.18. The lowest BCUT2D eigenvalue weighted by atomic mass is 10.2. The summed E-state index contributed by atoms with van der Waals surface area (Å²) < 4.78 is 46.0. The van der Waals surface area contributed by atoms with E-state index in [1.54, 1.807) is 12.1 Å². The number of nitrogens with zero attached hydrogens (tertiary/aromatic N) is 1. The zero-order chi connectivity index (χ0) is 16.4. The Balaban J connectivity index is 1.64. The molecule has 0 unspecified atom stereocenters. The standard InChI is InChI=1S/C15H13F3N2O3/c16-15(17,18)22-12-4-2-1-3-10(12)8-19-14(21)11-7-13(23-20-11)9-5-6-9/h1-4,7,9H,5-6,8H2,(H,19,21). The Bertz CT molecular complexity index is 708. The first-order chi connectivity index (χ1) is 10.9. The normalized spacial score (nSPS) is 14.6. The van der Waals surface area contributed by atoms with Gasteiger partial charge in [0, 0.05) is 24.1 Å². The first-order valence-electron chi connectivity index (χ1n) is 7.01. The molecule has 122 valence electrons. The number of nitrogens with one attached hydrogen (secondary N) is 1. The summed E-state index contributed by atoms with van der Waals surface area (Å²) in [6.45, 7) is -0.114. The highest BCUT2D eigenvalue weighted by Gasteiger charge is 2.32. The van der Waals surface area contributed by atoms with Crippen LogP contribution in [0.4, 0.5) is 13.2 Å². The highest BCUT2D eigenvalue weighted by atomic mass is 19.4. The van der Waals surface area contributed by atoms with Gasteiger partial charge in [-0.15, -0.1) is 13.2 Å². The van der Waals surface area contributed by atoms with Gasteiger partial charge in [0.25, 0.3) is 5.91 Å². The van der Waals surface area contributed by atoms with Gasteiger partial charge >= 0.3 is 6.36 Å². The average molecular weight is 326 g/mol. The van der Waals surface area contributed by atoms with Crippen molar-refractivity contribution in [3.05, 3.63) is 47.3 Å². The van der Waals surface area contributed by atoms with Crippen LogP contribution in [0.1, 0.15) is 40.6 Å². The summed E-state index contributed by atoms with van der Waals surface area (Å²) in [5.74, 6) is 0.127. The number of alkyl halides is 3. The quantitative estimate of drug-likeness (QED) is 0.915. The third-order valence-electron chi connectivity index (χ3n) is 3.38. The molecule has 1 aliphatic rings. The molecule has 0 bridgehead atoms. The first kappa shape index (κ1) is 15.4. The number of hydrogen-bond donors (Lipinski definition) is 1. The molecule has 0 saturated heterocycles. The summed E-state index contributed by atoms with van der Waals surface area (Å²) >= 11 is 0. The van der Waals surface area contributed by atoms with Gasteiger partial charge in [-0.25, -0.2) is 0 Å². The number of ether oxygens (including phenoxy) is 1. The molecule has 0 aliphatic heterocycles. The van der Waals surface area contributed by atoms with Crippen LogP contribution >= 0.6 is 0 Å². The molecule has 23 heavy (non-hydrogen) atoms. The van der Waals surface area contributed by atoms with Crippen LogP contribution in [-0.4, -0.2) is 17.4 Å². The molecular weight excluding hydrogens is 313 g/mol. The molecule has 1 aliphatic carbocycles. The molecule has 5 nitrogen and oxygen atoms in total. The van der Waals surface area contributed by atoms with E-state index in [9.17, 15) is 18.0 Å². The average Bonchev–Trinajstić information content (AvgIpc) is 3.22. The number of benzene rings is 1. The van der Waals surface area contributed by atoms with E-state index < -0.39 is 12.3 Å². The molecule has 1 saturated carbocycles. The lowest BCUT2D eigenvalue weighted by Crippen LogP contribution is -2.24. The number of hydrogen-bond acceptors (Lipinski definition) is 4. The number of carbonyl (C=O) groups excluding carboxylic acids is 1. The molecule has 1 heterocycles. The number of para-hydroxylation sites is 1. The van der Waals surface area contributed by atoms with E-state index >= 15 is 0 Å². The summed E-state index contributed by atoms with van der Waals surface area (Å²) in [4.78, 5) is 12.0. The monoisotopic (exact) mass is 326 g/mol. The predicted molar refractivity (Wildman–Crippen MR) is 72.8 cm³/mol. The van der Waals surface area contributed by atoms with E-state index in [1.807, 2.05) is 0 Å². The lowest BCUT2D eigenvalue weighted by molar-refractivity contribution is -0.274. The fourth-order valence-corrected chi connectivity index (χ4v) is 2.10. The Morgan fingerprint density at radius 2 is 2.09 bits per heavy atom.